The minimum absolute atomic E-state index is 0.558. The van der Waals surface area contributed by atoms with Crippen LogP contribution in [0.3, 0.4) is 0 Å². The van der Waals surface area contributed by atoms with E-state index in [9.17, 15) is 5.26 Å². The van der Waals surface area contributed by atoms with Crippen molar-refractivity contribution in [1.29, 1.82) is 5.26 Å². The molecule has 0 amide bonds. The van der Waals surface area contributed by atoms with E-state index in [1.807, 2.05) is 42.5 Å². The number of rotatable bonds is 4. The number of hydrogen-bond acceptors (Lipinski definition) is 1. The summed E-state index contributed by atoms with van der Waals surface area (Å²) >= 11 is 0. The van der Waals surface area contributed by atoms with Gasteiger partial charge in [-0.05, 0) is 64.7 Å². The standard InChI is InChI=1S/C44H26N4/c1-46-38-15-9-14-34(44(38)48-41-18-7-4-13-37(41)43-32(28-45)10-8-19-42(43)48)31-22-20-29(21-23-31)30-24-26-33(27-25-30)47-39-16-5-2-11-35(39)36-12-3-6-17-40(36)47/h2-27H. The van der Waals surface area contributed by atoms with Gasteiger partial charge in [0, 0.05) is 27.2 Å². The summed E-state index contributed by atoms with van der Waals surface area (Å²) in [4.78, 5) is 3.96. The van der Waals surface area contributed by atoms with Gasteiger partial charge < -0.3 is 9.13 Å². The summed E-state index contributed by atoms with van der Waals surface area (Å²) in [5.41, 5.74) is 11.6. The molecule has 48 heavy (non-hydrogen) atoms. The van der Waals surface area contributed by atoms with Crippen molar-refractivity contribution in [1.82, 2.24) is 9.13 Å². The van der Waals surface area contributed by atoms with Crippen LogP contribution < -0.4 is 0 Å². The van der Waals surface area contributed by atoms with Gasteiger partial charge in [-0.15, -0.1) is 0 Å². The summed E-state index contributed by atoms with van der Waals surface area (Å²) in [6.07, 6.45) is 0. The largest absolute Gasteiger partial charge is 0.318 e. The minimum atomic E-state index is 0.558. The molecule has 0 fully saturated rings. The topological polar surface area (TPSA) is 38.0 Å². The molecule has 0 spiro atoms. The molecule has 0 unspecified atom stereocenters. The zero-order valence-electron chi connectivity index (χ0n) is 25.8. The van der Waals surface area contributed by atoms with E-state index in [0.29, 0.717) is 11.3 Å². The molecule has 0 aliphatic heterocycles. The van der Waals surface area contributed by atoms with E-state index in [1.54, 1.807) is 0 Å². The van der Waals surface area contributed by atoms with Crippen molar-refractivity contribution in [2.75, 3.05) is 0 Å². The van der Waals surface area contributed by atoms with Gasteiger partial charge in [0.05, 0.1) is 46.0 Å². The van der Waals surface area contributed by atoms with Crippen LogP contribution in [-0.4, -0.2) is 9.13 Å². The van der Waals surface area contributed by atoms with Crippen LogP contribution in [0.25, 0.3) is 82.1 Å². The van der Waals surface area contributed by atoms with E-state index in [1.165, 1.54) is 21.8 Å². The average Bonchev–Trinajstić information content (AvgIpc) is 3.68. The summed E-state index contributed by atoms with van der Waals surface area (Å²) in [6.45, 7) is 8.10. The lowest BCUT2D eigenvalue weighted by molar-refractivity contribution is 1.18. The zero-order chi connectivity index (χ0) is 32.2. The van der Waals surface area contributed by atoms with E-state index in [2.05, 4.69) is 135 Å². The van der Waals surface area contributed by atoms with E-state index >= 15 is 0 Å². The first kappa shape index (κ1) is 27.4. The molecule has 4 heteroatoms. The van der Waals surface area contributed by atoms with Gasteiger partial charge in [-0.1, -0.05) is 115 Å². The Kier molecular flexibility index (Phi) is 6.22. The third kappa shape index (κ3) is 4.07. The summed E-state index contributed by atoms with van der Waals surface area (Å²) in [7, 11) is 0. The normalized spacial score (nSPS) is 11.3. The first-order chi connectivity index (χ1) is 23.7. The number of para-hydroxylation sites is 4. The van der Waals surface area contributed by atoms with Crippen LogP contribution >= 0.6 is 0 Å². The molecule has 0 saturated carbocycles. The Morgan fingerprint density at radius 3 is 1.62 bits per heavy atom. The van der Waals surface area contributed by atoms with Crippen LogP contribution in [0.1, 0.15) is 5.56 Å². The van der Waals surface area contributed by atoms with Gasteiger partial charge in [-0.3, -0.25) is 0 Å². The van der Waals surface area contributed by atoms with E-state index in [0.717, 1.165) is 55.4 Å². The third-order valence-corrected chi connectivity index (χ3v) is 9.41. The van der Waals surface area contributed by atoms with Crippen LogP contribution in [0, 0.1) is 17.9 Å². The van der Waals surface area contributed by atoms with Crippen molar-refractivity contribution >= 4 is 49.3 Å². The number of fused-ring (bicyclic) bond motifs is 6. The molecule has 9 rings (SSSR count). The molecule has 4 nitrogen and oxygen atoms in total. The fourth-order valence-electron chi connectivity index (χ4n) is 7.29. The lowest BCUT2D eigenvalue weighted by Crippen LogP contribution is -1.98. The Labute approximate surface area is 277 Å². The van der Waals surface area contributed by atoms with E-state index in [-0.39, 0.29) is 0 Å². The first-order valence-corrected chi connectivity index (χ1v) is 15.9. The number of aromatic nitrogens is 2. The number of hydrogen-bond donors (Lipinski definition) is 0. The van der Waals surface area contributed by atoms with Crippen LogP contribution in [0.4, 0.5) is 5.69 Å². The summed E-state index contributed by atoms with van der Waals surface area (Å²) < 4.78 is 4.48. The van der Waals surface area contributed by atoms with Crippen LogP contribution in [-0.2, 0) is 0 Å². The second-order valence-corrected chi connectivity index (χ2v) is 11.9. The zero-order valence-corrected chi connectivity index (χ0v) is 25.8. The lowest BCUT2D eigenvalue weighted by atomic mass is 9.98. The lowest BCUT2D eigenvalue weighted by Gasteiger charge is -2.16. The van der Waals surface area contributed by atoms with Crippen molar-refractivity contribution in [3.05, 3.63) is 175 Å². The van der Waals surface area contributed by atoms with E-state index < -0.39 is 0 Å². The molecule has 0 N–H and O–H groups in total. The predicted molar refractivity (Wildman–Crippen MR) is 197 cm³/mol. The molecule has 0 radical (unpaired) electrons. The quantitative estimate of drug-likeness (QED) is 0.183. The van der Waals surface area contributed by atoms with Crippen molar-refractivity contribution in [2.45, 2.75) is 0 Å². The maximum Gasteiger partial charge on any atom is 0.211 e. The second-order valence-electron chi connectivity index (χ2n) is 11.9. The molecule has 0 saturated heterocycles. The van der Waals surface area contributed by atoms with Crippen molar-refractivity contribution in [3.63, 3.8) is 0 Å². The van der Waals surface area contributed by atoms with E-state index in [4.69, 9.17) is 6.57 Å². The smallest absolute Gasteiger partial charge is 0.211 e. The molecule has 0 aliphatic carbocycles. The van der Waals surface area contributed by atoms with Crippen molar-refractivity contribution in [2.24, 2.45) is 0 Å². The molecule has 0 bridgehead atoms. The second kappa shape index (κ2) is 10.9. The maximum absolute atomic E-state index is 9.97. The van der Waals surface area contributed by atoms with Crippen LogP contribution in [0.15, 0.2) is 158 Å². The van der Waals surface area contributed by atoms with Gasteiger partial charge in [0.2, 0.25) is 5.69 Å². The number of nitrogens with zero attached hydrogens (tertiary/aromatic N) is 4. The summed E-state index contributed by atoms with van der Waals surface area (Å²) in [5.74, 6) is 0. The first-order valence-electron chi connectivity index (χ1n) is 15.9. The fraction of sp³-hybridized carbons (Fsp3) is 0. The Hall–Kier alpha value is -6.88. The third-order valence-electron chi connectivity index (χ3n) is 9.41. The van der Waals surface area contributed by atoms with Crippen LogP contribution in [0.5, 0.6) is 0 Å². The van der Waals surface area contributed by atoms with Gasteiger partial charge in [0.15, 0.2) is 0 Å². The van der Waals surface area contributed by atoms with Gasteiger partial charge >= 0.3 is 0 Å². The van der Waals surface area contributed by atoms with Gasteiger partial charge in [-0.25, -0.2) is 4.85 Å². The Morgan fingerprint density at radius 1 is 0.479 bits per heavy atom. The van der Waals surface area contributed by atoms with Crippen molar-refractivity contribution < 1.29 is 0 Å². The van der Waals surface area contributed by atoms with Gasteiger partial charge in [0.1, 0.15) is 0 Å². The minimum Gasteiger partial charge on any atom is -0.318 e. The molecule has 2 aromatic heterocycles. The highest BCUT2D eigenvalue weighted by Crippen LogP contribution is 2.42. The number of nitriles is 1. The molecule has 0 atom stereocenters. The highest BCUT2D eigenvalue weighted by atomic mass is 15.0. The SMILES string of the molecule is [C-]#[N+]c1cccc(-c2ccc(-c3ccc(-n4c5ccccc5c5ccccc54)cc3)cc2)c1-n1c2ccccc2c2c(C#N)cccc21. The molecule has 0 aliphatic rings. The molecule has 9 aromatic rings. The molecular weight excluding hydrogens is 585 g/mol. The molecule has 2 heterocycles. The highest BCUT2D eigenvalue weighted by molar-refractivity contribution is 6.13. The molecular formula is C44H26N4. The molecule has 222 valence electrons. The number of benzene rings is 7. The van der Waals surface area contributed by atoms with Crippen LogP contribution in [0.2, 0.25) is 0 Å². The monoisotopic (exact) mass is 610 g/mol. The van der Waals surface area contributed by atoms with Gasteiger partial charge in [-0.2, -0.15) is 5.26 Å². The predicted octanol–water partition coefficient (Wildman–Crippen LogP) is 11.6. The van der Waals surface area contributed by atoms with Gasteiger partial charge in [0.25, 0.3) is 0 Å². The fourth-order valence-corrected chi connectivity index (χ4v) is 7.29. The summed E-state index contributed by atoms with van der Waals surface area (Å²) in [5, 5.41) is 14.4. The maximum atomic E-state index is 9.97. The molecule has 7 aromatic carbocycles. The Bertz CT molecular complexity index is 2730. The Balaban J connectivity index is 1.14. The Morgan fingerprint density at radius 2 is 1.00 bits per heavy atom. The summed E-state index contributed by atoms with van der Waals surface area (Å²) in [6, 6.07) is 56.6. The average molecular weight is 611 g/mol. The van der Waals surface area contributed by atoms with Crippen molar-refractivity contribution in [3.8, 4) is 39.7 Å². The highest BCUT2D eigenvalue weighted by Gasteiger charge is 2.20.